The highest BCUT2D eigenvalue weighted by atomic mass is 32.1. The average Bonchev–Trinajstić information content (AvgIpc) is 3.29. The topological polar surface area (TPSA) is 54.3 Å². The molecule has 0 radical (unpaired) electrons. The predicted molar refractivity (Wildman–Crippen MR) is 88.1 cm³/mol. The van der Waals surface area contributed by atoms with E-state index in [4.69, 9.17) is 0 Å². The monoisotopic (exact) mass is 331 g/mol. The maximum Gasteiger partial charge on any atom is 0.237 e. The van der Waals surface area contributed by atoms with Gasteiger partial charge in [0.15, 0.2) is 0 Å². The summed E-state index contributed by atoms with van der Waals surface area (Å²) in [5, 5.41) is 6.32. The largest absolute Gasteiger partial charge is 0.337 e. The summed E-state index contributed by atoms with van der Waals surface area (Å²) in [6.07, 6.45) is 6.60. The number of rotatable bonds is 4. The fraction of sp³-hybridized carbons (Fsp3) is 0.562. The van der Waals surface area contributed by atoms with Crippen molar-refractivity contribution in [3.05, 3.63) is 34.5 Å². The molecule has 0 N–H and O–H groups in total. The molecule has 0 unspecified atom stereocenters. The Hall–Kier alpha value is -1.73. The summed E-state index contributed by atoms with van der Waals surface area (Å²) in [4.78, 5) is 22.5. The molecule has 2 aliphatic rings. The third-order valence-electron chi connectivity index (χ3n) is 4.86. The Morgan fingerprint density at radius 3 is 3.22 bits per heavy atom. The van der Waals surface area contributed by atoms with Crippen molar-refractivity contribution >= 4 is 17.2 Å². The van der Waals surface area contributed by atoms with Crippen LogP contribution < -0.4 is 0 Å². The van der Waals surface area contributed by atoms with E-state index in [1.807, 2.05) is 20.9 Å². The van der Waals surface area contributed by atoms with Crippen LogP contribution in [0.1, 0.15) is 23.3 Å². The molecule has 4 rings (SSSR count). The van der Waals surface area contributed by atoms with Crippen LogP contribution in [0.15, 0.2) is 24.1 Å². The van der Waals surface area contributed by atoms with Gasteiger partial charge in [-0.2, -0.15) is 5.10 Å². The highest BCUT2D eigenvalue weighted by Crippen LogP contribution is 2.25. The molecule has 23 heavy (non-hydrogen) atoms. The Kier molecular flexibility index (Phi) is 4.13. The van der Waals surface area contributed by atoms with E-state index in [1.54, 1.807) is 12.7 Å². The van der Waals surface area contributed by atoms with Crippen LogP contribution in [0.5, 0.6) is 0 Å². The number of carbonyl (C=O) groups is 1. The molecule has 0 bridgehead atoms. The molecule has 1 atom stereocenters. The molecule has 7 heteroatoms. The second-order valence-corrected chi connectivity index (χ2v) is 7.32. The summed E-state index contributed by atoms with van der Waals surface area (Å²) in [5.41, 5.74) is 1.33. The minimum Gasteiger partial charge on any atom is -0.337 e. The van der Waals surface area contributed by atoms with Crippen molar-refractivity contribution in [3.63, 3.8) is 0 Å². The second-order valence-electron chi connectivity index (χ2n) is 6.32. The normalized spacial score (nSPS) is 21.6. The van der Waals surface area contributed by atoms with E-state index in [1.165, 1.54) is 10.4 Å². The molecule has 1 fully saturated rings. The zero-order chi connectivity index (χ0) is 15.6. The third-order valence-corrected chi connectivity index (χ3v) is 5.89. The average molecular weight is 331 g/mol. The van der Waals surface area contributed by atoms with Crippen molar-refractivity contribution in [1.82, 2.24) is 24.6 Å². The van der Waals surface area contributed by atoms with Gasteiger partial charge in [0.2, 0.25) is 5.91 Å². The lowest BCUT2D eigenvalue weighted by atomic mass is 10.1. The smallest absolute Gasteiger partial charge is 0.237 e. The zero-order valence-electron chi connectivity index (χ0n) is 13.1. The number of hydrogen-bond donors (Lipinski definition) is 0. The van der Waals surface area contributed by atoms with E-state index in [-0.39, 0.29) is 5.91 Å². The van der Waals surface area contributed by atoms with Gasteiger partial charge < -0.3 is 4.90 Å². The van der Waals surface area contributed by atoms with Gasteiger partial charge in [0.25, 0.3) is 0 Å². The first-order valence-electron chi connectivity index (χ1n) is 8.19. The molecular weight excluding hydrogens is 310 g/mol. The summed E-state index contributed by atoms with van der Waals surface area (Å²) in [5.74, 6) is 0.257. The van der Waals surface area contributed by atoms with Crippen LogP contribution in [0.2, 0.25) is 0 Å². The SMILES string of the molecule is O=C(CN1CCC[C@H]1Cn1cncn1)N1CCc2sccc2C1. The van der Waals surface area contributed by atoms with Crippen molar-refractivity contribution in [2.75, 3.05) is 19.6 Å². The van der Waals surface area contributed by atoms with Gasteiger partial charge in [0, 0.05) is 24.0 Å². The molecule has 2 aromatic rings. The molecule has 1 amide bonds. The number of hydrogen-bond acceptors (Lipinski definition) is 5. The molecule has 0 spiro atoms. The predicted octanol–water partition coefficient (Wildman–Crippen LogP) is 1.39. The first-order valence-corrected chi connectivity index (χ1v) is 9.07. The van der Waals surface area contributed by atoms with Crippen molar-refractivity contribution in [3.8, 4) is 0 Å². The molecule has 2 aliphatic heterocycles. The maximum absolute atomic E-state index is 12.7. The van der Waals surface area contributed by atoms with Gasteiger partial charge in [-0.1, -0.05) is 0 Å². The molecular formula is C16H21N5OS. The van der Waals surface area contributed by atoms with Crippen LogP contribution in [0, 0.1) is 0 Å². The van der Waals surface area contributed by atoms with Gasteiger partial charge in [0.1, 0.15) is 12.7 Å². The summed E-state index contributed by atoms with van der Waals surface area (Å²) in [7, 11) is 0. The Balaban J connectivity index is 1.36. The minimum absolute atomic E-state index is 0.257. The van der Waals surface area contributed by atoms with Crippen molar-refractivity contribution in [2.45, 2.75) is 38.4 Å². The number of fused-ring (bicyclic) bond motifs is 1. The highest BCUT2D eigenvalue weighted by molar-refractivity contribution is 7.10. The van der Waals surface area contributed by atoms with Gasteiger partial charge in [-0.3, -0.25) is 14.4 Å². The molecule has 0 aliphatic carbocycles. The van der Waals surface area contributed by atoms with E-state index in [9.17, 15) is 4.79 Å². The van der Waals surface area contributed by atoms with Gasteiger partial charge in [0.05, 0.1) is 13.1 Å². The van der Waals surface area contributed by atoms with Gasteiger partial charge >= 0.3 is 0 Å². The quantitative estimate of drug-likeness (QED) is 0.849. The minimum atomic E-state index is 0.257. The number of carbonyl (C=O) groups excluding carboxylic acids is 1. The van der Waals surface area contributed by atoms with Crippen molar-refractivity contribution < 1.29 is 4.79 Å². The van der Waals surface area contributed by atoms with Crippen LogP contribution in [0.4, 0.5) is 0 Å². The highest BCUT2D eigenvalue weighted by Gasteiger charge is 2.29. The molecule has 6 nitrogen and oxygen atoms in total. The van der Waals surface area contributed by atoms with Crippen molar-refractivity contribution in [2.24, 2.45) is 0 Å². The van der Waals surface area contributed by atoms with Gasteiger partial charge in [-0.05, 0) is 42.8 Å². The summed E-state index contributed by atoms with van der Waals surface area (Å²) in [6.45, 7) is 3.98. The first-order chi connectivity index (χ1) is 11.3. The van der Waals surface area contributed by atoms with Crippen LogP contribution in [0.25, 0.3) is 0 Å². The van der Waals surface area contributed by atoms with E-state index in [2.05, 4.69) is 26.4 Å². The fourth-order valence-corrected chi connectivity index (χ4v) is 4.48. The Morgan fingerprint density at radius 1 is 1.39 bits per heavy atom. The fourth-order valence-electron chi connectivity index (χ4n) is 3.59. The van der Waals surface area contributed by atoms with Gasteiger partial charge in [-0.25, -0.2) is 4.98 Å². The molecule has 122 valence electrons. The van der Waals surface area contributed by atoms with E-state index in [0.29, 0.717) is 12.6 Å². The molecule has 0 saturated carbocycles. The Morgan fingerprint density at radius 2 is 2.35 bits per heavy atom. The van der Waals surface area contributed by atoms with Crippen LogP contribution in [-0.4, -0.2) is 56.1 Å². The van der Waals surface area contributed by atoms with Gasteiger partial charge in [-0.15, -0.1) is 11.3 Å². The zero-order valence-corrected chi connectivity index (χ0v) is 13.9. The van der Waals surface area contributed by atoms with E-state index < -0.39 is 0 Å². The van der Waals surface area contributed by atoms with E-state index in [0.717, 1.165) is 45.4 Å². The number of likely N-dealkylation sites (tertiary alicyclic amines) is 1. The standard InChI is InChI=1S/C16H21N5OS/c22-16(20-6-3-15-13(8-20)4-7-23-15)10-19-5-1-2-14(19)9-21-12-17-11-18-21/h4,7,11-12,14H,1-3,5-6,8-10H2/t14-/m0/s1. The lowest BCUT2D eigenvalue weighted by Gasteiger charge is -2.30. The molecule has 0 aromatic carbocycles. The lowest BCUT2D eigenvalue weighted by Crippen LogP contribution is -2.44. The molecule has 4 heterocycles. The number of aromatic nitrogens is 3. The Labute approximate surface area is 139 Å². The third kappa shape index (κ3) is 3.16. The number of amides is 1. The first kappa shape index (κ1) is 14.8. The summed E-state index contributed by atoms with van der Waals surface area (Å²) < 4.78 is 1.87. The molecule has 2 aromatic heterocycles. The number of nitrogens with zero attached hydrogens (tertiary/aromatic N) is 5. The van der Waals surface area contributed by atoms with Crippen LogP contribution in [0.3, 0.4) is 0 Å². The number of thiophene rings is 1. The van der Waals surface area contributed by atoms with Crippen molar-refractivity contribution in [1.29, 1.82) is 0 Å². The second kappa shape index (κ2) is 6.41. The molecule has 1 saturated heterocycles. The van der Waals surface area contributed by atoms with Crippen LogP contribution in [-0.2, 0) is 24.3 Å². The van der Waals surface area contributed by atoms with E-state index >= 15 is 0 Å². The Bertz CT molecular complexity index is 668. The summed E-state index contributed by atoms with van der Waals surface area (Å²) in [6, 6.07) is 2.55. The van der Waals surface area contributed by atoms with Crippen LogP contribution >= 0.6 is 11.3 Å². The maximum atomic E-state index is 12.7. The lowest BCUT2D eigenvalue weighted by molar-refractivity contribution is -0.133. The summed E-state index contributed by atoms with van der Waals surface area (Å²) >= 11 is 1.81.